The highest BCUT2D eigenvalue weighted by molar-refractivity contribution is 7.90. The Morgan fingerprint density at radius 2 is 1.66 bits per heavy atom. The number of anilines is 2. The number of aromatic nitrogens is 1. The van der Waals surface area contributed by atoms with Gasteiger partial charge in [0.05, 0.1) is 4.90 Å². The van der Waals surface area contributed by atoms with Gasteiger partial charge in [-0.05, 0) is 49.4 Å². The van der Waals surface area contributed by atoms with E-state index >= 15 is 0 Å². The maximum Gasteiger partial charge on any atom is 0.263 e. The van der Waals surface area contributed by atoms with Gasteiger partial charge in [0.1, 0.15) is 11.9 Å². The van der Waals surface area contributed by atoms with Gasteiger partial charge in [0.15, 0.2) is 0 Å². The summed E-state index contributed by atoms with van der Waals surface area (Å²) in [4.78, 5) is 33.2. The number of carbonyl (C=O) groups excluding carboxylic acids is 2. The van der Waals surface area contributed by atoms with Crippen molar-refractivity contribution >= 4 is 39.0 Å². The van der Waals surface area contributed by atoms with E-state index in [1.807, 2.05) is 0 Å². The van der Waals surface area contributed by atoms with Crippen molar-refractivity contribution in [1.82, 2.24) is 9.71 Å². The SMILES string of the molecule is C[C@H](N=C1NS(=O)(=O)c2ccccc21)C(=O)Nc1cccc(NC(=O)c2ccncc2)c1. The van der Waals surface area contributed by atoms with Crippen molar-refractivity contribution in [3.05, 3.63) is 84.2 Å². The average molecular weight is 449 g/mol. The van der Waals surface area contributed by atoms with Crippen LogP contribution in [0.15, 0.2) is 82.9 Å². The molecule has 10 heteroatoms. The van der Waals surface area contributed by atoms with Crippen LogP contribution in [0.3, 0.4) is 0 Å². The second-order valence-corrected chi connectivity index (χ2v) is 8.67. The first-order valence-corrected chi connectivity index (χ1v) is 11.1. The summed E-state index contributed by atoms with van der Waals surface area (Å²) in [5.41, 5.74) is 1.84. The van der Waals surface area contributed by atoms with E-state index in [1.165, 1.54) is 18.5 Å². The number of benzene rings is 2. The van der Waals surface area contributed by atoms with Crippen LogP contribution in [0.4, 0.5) is 11.4 Å². The Hall–Kier alpha value is -4.05. The molecule has 0 radical (unpaired) electrons. The zero-order chi connectivity index (χ0) is 22.7. The third-order valence-corrected chi connectivity index (χ3v) is 6.09. The van der Waals surface area contributed by atoms with Crippen LogP contribution in [0, 0.1) is 0 Å². The molecule has 3 aromatic rings. The van der Waals surface area contributed by atoms with Crippen LogP contribution in [0.1, 0.15) is 22.8 Å². The molecule has 1 atom stereocenters. The average Bonchev–Trinajstić information content (AvgIpc) is 3.04. The van der Waals surface area contributed by atoms with Crippen molar-refractivity contribution in [3.8, 4) is 0 Å². The number of amidine groups is 1. The molecule has 0 unspecified atom stereocenters. The molecule has 0 saturated heterocycles. The number of aliphatic imine (C=N–C) groups is 1. The topological polar surface area (TPSA) is 130 Å². The number of nitrogens with one attached hydrogen (secondary N) is 3. The molecule has 32 heavy (non-hydrogen) atoms. The lowest BCUT2D eigenvalue weighted by molar-refractivity contribution is -0.117. The molecule has 0 saturated carbocycles. The Balaban J connectivity index is 1.46. The fourth-order valence-corrected chi connectivity index (χ4v) is 4.35. The van der Waals surface area contributed by atoms with E-state index < -0.39 is 22.0 Å². The summed E-state index contributed by atoms with van der Waals surface area (Å²) >= 11 is 0. The van der Waals surface area contributed by atoms with Crippen molar-refractivity contribution in [1.29, 1.82) is 0 Å². The van der Waals surface area contributed by atoms with Crippen molar-refractivity contribution in [2.45, 2.75) is 17.9 Å². The molecule has 0 bridgehead atoms. The second kappa shape index (κ2) is 8.60. The standard InChI is InChI=1S/C22H19N5O4S/c1-14(24-20-18-7-2-3-8-19(18)32(30,31)27-20)21(28)25-16-5-4-6-17(13-16)26-22(29)15-9-11-23-12-10-15/h2-14H,1H3,(H,24,27)(H,25,28)(H,26,29)/t14-/m0/s1. The van der Waals surface area contributed by atoms with Crippen LogP contribution in [0.25, 0.3) is 0 Å². The molecule has 4 rings (SSSR count). The van der Waals surface area contributed by atoms with Gasteiger partial charge in [-0.25, -0.2) is 8.42 Å². The van der Waals surface area contributed by atoms with Gasteiger partial charge in [0, 0.05) is 34.9 Å². The third-order valence-electron chi connectivity index (χ3n) is 4.70. The van der Waals surface area contributed by atoms with Crippen LogP contribution in [0.5, 0.6) is 0 Å². The molecule has 1 aromatic heterocycles. The first kappa shape index (κ1) is 21.2. The molecule has 1 aliphatic rings. The maximum absolute atomic E-state index is 12.6. The minimum atomic E-state index is -3.68. The van der Waals surface area contributed by atoms with Crippen molar-refractivity contribution in [2.24, 2.45) is 4.99 Å². The van der Waals surface area contributed by atoms with Gasteiger partial charge in [0.2, 0.25) is 5.91 Å². The normalized spacial score (nSPS) is 16.0. The molecule has 2 heterocycles. The number of sulfonamides is 1. The summed E-state index contributed by atoms with van der Waals surface area (Å²) in [5, 5.41) is 5.49. The van der Waals surface area contributed by atoms with Crippen LogP contribution in [-0.4, -0.2) is 37.1 Å². The number of pyridine rings is 1. The van der Waals surface area contributed by atoms with E-state index in [-0.39, 0.29) is 16.6 Å². The van der Waals surface area contributed by atoms with Crippen molar-refractivity contribution < 1.29 is 18.0 Å². The first-order chi connectivity index (χ1) is 15.3. The monoisotopic (exact) mass is 449 g/mol. The second-order valence-electron chi connectivity index (χ2n) is 7.02. The van der Waals surface area contributed by atoms with Crippen LogP contribution in [-0.2, 0) is 14.8 Å². The Kier molecular flexibility index (Phi) is 5.69. The summed E-state index contributed by atoms with van der Waals surface area (Å²) in [6.07, 6.45) is 3.05. The highest BCUT2D eigenvalue weighted by Crippen LogP contribution is 2.23. The van der Waals surface area contributed by atoms with Gasteiger partial charge in [-0.3, -0.25) is 24.3 Å². The zero-order valence-electron chi connectivity index (χ0n) is 16.9. The van der Waals surface area contributed by atoms with Gasteiger partial charge in [-0.1, -0.05) is 18.2 Å². The smallest absolute Gasteiger partial charge is 0.263 e. The van der Waals surface area contributed by atoms with E-state index in [0.717, 1.165) is 0 Å². The fourth-order valence-electron chi connectivity index (χ4n) is 3.11. The molecule has 2 amide bonds. The van der Waals surface area contributed by atoms with E-state index in [2.05, 4.69) is 25.3 Å². The number of fused-ring (bicyclic) bond motifs is 1. The Bertz CT molecular complexity index is 1320. The number of carbonyl (C=O) groups is 2. The molecule has 0 spiro atoms. The predicted octanol–water partition coefficient (Wildman–Crippen LogP) is 2.40. The molecule has 3 N–H and O–H groups in total. The largest absolute Gasteiger partial charge is 0.324 e. The van der Waals surface area contributed by atoms with Crippen molar-refractivity contribution in [2.75, 3.05) is 10.6 Å². The highest BCUT2D eigenvalue weighted by atomic mass is 32.2. The number of nitrogens with zero attached hydrogens (tertiary/aromatic N) is 2. The summed E-state index contributed by atoms with van der Waals surface area (Å²) < 4.78 is 26.8. The number of rotatable bonds is 5. The number of hydrogen-bond donors (Lipinski definition) is 3. The number of hydrogen-bond acceptors (Lipinski definition) is 6. The first-order valence-electron chi connectivity index (χ1n) is 9.66. The minimum absolute atomic E-state index is 0.126. The lowest BCUT2D eigenvalue weighted by atomic mass is 10.2. The lowest BCUT2D eigenvalue weighted by Gasteiger charge is -2.11. The Morgan fingerprint density at radius 1 is 0.969 bits per heavy atom. The van der Waals surface area contributed by atoms with E-state index in [9.17, 15) is 18.0 Å². The Morgan fingerprint density at radius 3 is 2.41 bits per heavy atom. The predicted molar refractivity (Wildman–Crippen MR) is 120 cm³/mol. The molecular formula is C22H19N5O4S. The highest BCUT2D eigenvalue weighted by Gasteiger charge is 2.31. The van der Waals surface area contributed by atoms with E-state index in [4.69, 9.17) is 0 Å². The maximum atomic E-state index is 12.6. The van der Waals surface area contributed by atoms with Gasteiger partial charge < -0.3 is 10.6 Å². The number of amides is 2. The molecule has 0 aliphatic carbocycles. The van der Waals surface area contributed by atoms with Crippen LogP contribution < -0.4 is 15.4 Å². The molecular weight excluding hydrogens is 430 g/mol. The van der Waals surface area contributed by atoms with Gasteiger partial charge in [-0.15, -0.1) is 0 Å². The lowest BCUT2D eigenvalue weighted by Crippen LogP contribution is -2.28. The molecule has 0 fully saturated rings. The quantitative estimate of drug-likeness (QED) is 0.551. The Labute approximate surface area is 184 Å². The fraction of sp³-hybridized carbons (Fsp3) is 0.0909. The van der Waals surface area contributed by atoms with Crippen molar-refractivity contribution in [3.63, 3.8) is 0 Å². The van der Waals surface area contributed by atoms with Gasteiger partial charge >= 0.3 is 0 Å². The molecule has 2 aromatic carbocycles. The zero-order valence-corrected chi connectivity index (χ0v) is 17.8. The third kappa shape index (κ3) is 4.49. The van der Waals surface area contributed by atoms with Gasteiger partial charge in [0.25, 0.3) is 15.9 Å². The molecule has 162 valence electrons. The molecule has 9 nitrogen and oxygen atoms in total. The summed E-state index contributed by atoms with van der Waals surface area (Å²) in [5.74, 6) is -0.608. The molecule has 1 aliphatic heterocycles. The van der Waals surface area contributed by atoms with Crippen LogP contribution >= 0.6 is 0 Å². The summed E-state index contributed by atoms with van der Waals surface area (Å²) in [6.45, 7) is 1.56. The van der Waals surface area contributed by atoms with Gasteiger partial charge in [-0.2, -0.15) is 0 Å². The summed E-state index contributed by atoms with van der Waals surface area (Å²) in [6, 6.07) is 15.4. The van der Waals surface area contributed by atoms with E-state index in [1.54, 1.807) is 61.5 Å². The van der Waals surface area contributed by atoms with Crippen LogP contribution in [0.2, 0.25) is 0 Å². The minimum Gasteiger partial charge on any atom is -0.324 e. The summed E-state index contributed by atoms with van der Waals surface area (Å²) in [7, 11) is -3.68. The van der Waals surface area contributed by atoms with E-state index in [0.29, 0.717) is 22.5 Å².